The fraction of sp³-hybridized carbons (Fsp3) is 0.611. The summed E-state index contributed by atoms with van der Waals surface area (Å²) >= 11 is 0. The first-order valence-corrected chi connectivity index (χ1v) is 8.54. The van der Waals surface area contributed by atoms with E-state index in [1.165, 1.54) is 5.56 Å². The smallest absolute Gasteiger partial charge is 0.260 e. The van der Waals surface area contributed by atoms with Crippen molar-refractivity contribution in [2.24, 2.45) is 5.73 Å². The van der Waals surface area contributed by atoms with E-state index in [1.807, 2.05) is 29.2 Å². The first-order valence-electron chi connectivity index (χ1n) is 8.54. The average Bonchev–Trinajstić information content (AvgIpc) is 2.61. The van der Waals surface area contributed by atoms with Gasteiger partial charge in [-0.3, -0.25) is 4.79 Å². The van der Waals surface area contributed by atoms with E-state index in [-0.39, 0.29) is 18.6 Å². The van der Waals surface area contributed by atoms with Crippen LogP contribution >= 0.6 is 0 Å². The van der Waals surface area contributed by atoms with Crippen molar-refractivity contribution in [2.75, 3.05) is 32.8 Å². The van der Waals surface area contributed by atoms with Gasteiger partial charge in [0.15, 0.2) is 6.61 Å². The Morgan fingerprint density at radius 1 is 1.26 bits per heavy atom. The Morgan fingerprint density at radius 3 is 2.57 bits per heavy atom. The quantitative estimate of drug-likeness (QED) is 0.744. The van der Waals surface area contributed by atoms with E-state index in [0.717, 1.165) is 44.5 Å². The molecule has 0 aromatic heterocycles. The number of hydrogen-bond acceptors (Lipinski definition) is 4. The summed E-state index contributed by atoms with van der Waals surface area (Å²) in [6.45, 7) is 5.07. The van der Waals surface area contributed by atoms with Gasteiger partial charge in [-0.05, 0) is 49.9 Å². The first kappa shape index (κ1) is 17.8. The number of nitrogens with two attached hydrogens (primary N) is 1. The van der Waals surface area contributed by atoms with Crippen LogP contribution in [0.25, 0.3) is 0 Å². The highest BCUT2D eigenvalue weighted by atomic mass is 16.5. The van der Waals surface area contributed by atoms with E-state index in [0.29, 0.717) is 13.2 Å². The number of hydrogen-bond donors (Lipinski definition) is 1. The number of rotatable bonds is 8. The molecule has 23 heavy (non-hydrogen) atoms. The standard InChI is InChI=1S/C18H28N2O3/c1-2-15-4-6-16(7-5-15)23-14-18(21)20-11-8-17(9-12-20)22-13-3-10-19/h4-7,17H,2-3,8-14,19H2,1H3. The van der Waals surface area contributed by atoms with Crippen molar-refractivity contribution in [3.05, 3.63) is 29.8 Å². The molecule has 2 N–H and O–H groups in total. The molecule has 0 atom stereocenters. The Bertz CT molecular complexity index is 468. The van der Waals surface area contributed by atoms with Gasteiger partial charge >= 0.3 is 0 Å². The van der Waals surface area contributed by atoms with Gasteiger partial charge < -0.3 is 20.1 Å². The average molecular weight is 320 g/mol. The summed E-state index contributed by atoms with van der Waals surface area (Å²) in [5.41, 5.74) is 6.72. The van der Waals surface area contributed by atoms with Crippen LogP contribution in [0.15, 0.2) is 24.3 Å². The van der Waals surface area contributed by atoms with Crippen LogP contribution in [-0.4, -0.2) is 49.8 Å². The number of carbonyl (C=O) groups is 1. The van der Waals surface area contributed by atoms with Crippen LogP contribution in [0.3, 0.4) is 0 Å². The highest BCUT2D eigenvalue weighted by Gasteiger charge is 2.23. The summed E-state index contributed by atoms with van der Waals surface area (Å²) in [6, 6.07) is 7.90. The van der Waals surface area contributed by atoms with Crippen molar-refractivity contribution in [1.82, 2.24) is 4.90 Å². The monoisotopic (exact) mass is 320 g/mol. The minimum Gasteiger partial charge on any atom is -0.484 e. The summed E-state index contributed by atoms with van der Waals surface area (Å²) in [5, 5.41) is 0. The first-order chi connectivity index (χ1) is 11.2. The molecule has 2 rings (SSSR count). The van der Waals surface area contributed by atoms with E-state index in [2.05, 4.69) is 6.92 Å². The number of aryl methyl sites for hydroxylation is 1. The fourth-order valence-corrected chi connectivity index (χ4v) is 2.66. The summed E-state index contributed by atoms with van der Waals surface area (Å²) in [4.78, 5) is 14.1. The third-order valence-corrected chi connectivity index (χ3v) is 4.19. The number of likely N-dealkylation sites (tertiary alicyclic amines) is 1. The second-order valence-corrected chi connectivity index (χ2v) is 5.88. The van der Waals surface area contributed by atoms with E-state index in [1.54, 1.807) is 0 Å². The molecule has 0 aliphatic carbocycles. The Balaban J connectivity index is 1.68. The van der Waals surface area contributed by atoms with Gasteiger partial charge in [-0.1, -0.05) is 19.1 Å². The second kappa shape index (κ2) is 9.53. The zero-order chi connectivity index (χ0) is 16.5. The lowest BCUT2D eigenvalue weighted by molar-refractivity contribution is -0.136. The molecular weight excluding hydrogens is 292 g/mol. The minimum absolute atomic E-state index is 0.0463. The third kappa shape index (κ3) is 5.84. The summed E-state index contributed by atoms with van der Waals surface area (Å²) in [5.74, 6) is 0.792. The molecule has 1 aliphatic heterocycles. The molecule has 0 bridgehead atoms. The lowest BCUT2D eigenvalue weighted by Gasteiger charge is -2.31. The Labute approximate surface area is 138 Å². The van der Waals surface area contributed by atoms with Crippen LogP contribution < -0.4 is 10.5 Å². The minimum atomic E-state index is 0.0463. The van der Waals surface area contributed by atoms with Crippen LogP contribution in [-0.2, 0) is 16.0 Å². The molecule has 1 aromatic carbocycles. The lowest BCUT2D eigenvalue weighted by Crippen LogP contribution is -2.43. The largest absolute Gasteiger partial charge is 0.484 e. The summed E-state index contributed by atoms with van der Waals surface area (Å²) in [6.07, 6.45) is 3.93. The highest BCUT2D eigenvalue weighted by molar-refractivity contribution is 5.77. The molecule has 0 radical (unpaired) electrons. The zero-order valence-corrected chi connectivity index (χ0v) is 14.0. The maximum absolute atomic E-state index is 12.2. The van der Waals surface area contributed by atoms with Crippen molar-refractivity contribution < 1.29 is 14.3 Å². The molecule has 0 spiro atoms. The van der Waals surface area contributed by atoms with Crippen LogP contribution in [0.5, 0.6) is 5.75 Å². The second-order valence-electron chi connectivity index (χ2n) is 5.88. The lowest BCUT2D eigenvalue weighted by atomic mass is 10.1. The van der Waals surface area contributed by atoms with Crippen molar-refractivity contribution in [3.63, 3.8) is 0 Å². The van der Waals surface area contributed by atoms with Crippen LogP contribution in [0, 0.1) is 0 Å². The Hall–Kier alpha value is -1.59. The Kier molecular flexibility index (Phi) is 7.36. The van der Waals surface area contributed by atoms with Crippen molar-refractivity contribution in [2.45, 2.75) is 38.7 Å². The van der Waals surface area contributed by atoms with Gasteiger partial charge in [0, 0.05) is 19.7 Å². The molecule has 1 amide bonds. The highest BCUT2D eigenvalue weighted by Crippen LogP contribution is 2.16. The molecule has 0 unspecified atom stereocenters. The van der Waals surface area contributed by atoms with Crippen molar-refractivity contribution >= 4 is 5.91 Å². The number of carbonyl (C=O) groups excluding carboxylic acids is 1. The van der Waals surface area contributed by atoms with Crippen LogP contribution in [0.1, 0.15) is 31.7 Å². The van der Waals surface area contributed by atoms with E-state index in [9.17, 15) is 4.79 Å². The van der Waals surface area contributed by atoms with Gasteiger partial charge in [-0.25, -0.2) is 0 Å². The van der Waals surface area contributed by atoms with Crippen LogP contribution in [0.4, 0.5) is 0 Å². The number of nitrogens with zero attached hydrogens (tertiary/aromatic N) is 1. The molecule has 128 valence electrons. The van der Waals surface area contributed by atoms with Gasteiger partial charge in [0.25, 0.3) is 5.91 Å². The van der Waals surface area contributed by atoms with Crippen molar-refractivity contribution in [1.29, 1.82) is 0 Å². The zero-order valence-electron chi connectivity index (χ0n) is 14.0. The van der Waals surface area contributed by atoms with Gasteiger partial charge in [0.1, 0.15) is 5.75 Å². The Morgan fingerprint density at radius 2 is 1.96 bits per heavy atom. The SMILES string of the molecule is CCc1ccc(OCC(=O)N2CCC(OCCCN)CC2)cc1. The molecule has 1 aromatic rings. The number of benzene rings is 1. The molecular formula is C18H28N2O3. The summed E-state index contributed by atoms with van der Waals surface area (Å²) in [7, 11) is 0. The van der Waals surface area contributed by atoms with Gasteiger partial charge in [-0.15, -0.1) is 0 Å². The molecule has 1 fully saturated rings. The maximum atomic E-state index is 12.2. The predicted octanol–water partition coefficient (Wildman–Crippen LogP) is 1.98. The van der Waals surface area contributed by atoms with Crippen LogP contribution in [0.2, 0.25) is 0 Å². The van der Waals surface area contributed by atoms with E-state index >= 15 is 0 Å². The predicted molar refractivity (Wildman–Crippen MR) is 90.5 cm³/mol. The number of ether oxygens (including phenoxy) is 2. The molecule has 0 saturated carbocycles. The van der Waals surface area contributed by atoms with Gasteiger partial charge in [-0.2, -0.15) is 0 Å². The molecule has 5 heteroatoms. The maximum Gasteiger partial charge on any atom is 0.260 e. The van der Waals surface area contributed by atoms with E-state index in [4.69, 9.17) is 15.2 Å². The fourth-order valence-electron chi connectivity index (χ4n) is 2.66. The normalized spacial score (nSPS) is 15.7. The van der Waals surface area contributed by atoms with Crippen molar-refractivity contribution in [3.8, 4) is 5.75 Å². The third-order valence-electron chi connectivity index (χ3n) is 4.19. The summed E-state index contributed by atoms with van der Waals surface area (Å²) < 4.78 is 11.3. The molecule has 1 aliphatic rings. The van der Waals surface area contributed by atoms with Gasteiger partial charge in [0.05, 0.1) is 6.10 Å². The number of amides is 1. The van der Waals surface area contributed by atoms with E-state index < -0.39 is 0 Å². The number of piperidine rings is 1. The topological polar surface area (TPSA) is 64.8 Å². The molecule has 5 nitrogen and oxygen atoms in total. The molecule has 1 saturated heterocycles. The van der Waals surface area contributed by atoms with Gasteiger partial charge in [0.2, 0.25) is 0 Å². The molecule has 1 heterocycles.